The third kappa shape index (κ3) is 3.15. The third-order valence-corrected chi connectivity index (χ3v) is 3.17. The highest BCUT2D eigenvalue weighted by molar-refractivity contribution is 4.97. The lowest BCUT2D eigenvalue weighted by atomic mass is 9.94. The van der Waals surface area contributed by atoms with Gasteiger partial charge in [0.15, 0.2) is 0 Å². The van der Waals surface area contributed by atoms with Crippen LogP contribution >= 0.6 is 0 Å². The van der Waals surface area contributed by atoms with Crippen molar-refractivity contribution in [2.24, 2.45) is 5.92 Å². The lowest BCUT2D eigenvalue weighted by Crippen LogP contribution is -2.41. The molecule has 1 saturated heterocycles. The molecule has 1 aliphatic heterocycles. The van der Waals surface area contributed by atoms with Gasteiger partial charge in [-0.3, -0.25) is 4.90 Å². The van der Waals surface area contributed by atoms with Gasteiger partial charge in [-0.1, -0.05) is 26.0 Å². The fourth-order valence-electron chi connectivity index (χ4n) is 2.00. The second-order valence-corrected chi connectivity index (χ2v) is 4.56. The van der Waals surface area contributed by atoms with Crippen molar-refractivity contribution < 1.29 is 0 Å². The summed E-state index contributed by atoms with van der Waals surface area (Å²) in [7, 11) is 0. The van der Waals surface area contributed by atoms with Crippen LogP contribution < -0.4 is 0 Å². The average Bonchev–Trinajstić information content (AvgIpc) is 2.11. The van der Waals surface area contributed by atoms with Crippen LogP contribution in [0, 0.1) is 5.92 Å². The van der Waals surface area contributed by atoms with Crippen LogP contribution in [0.15, 0.2) is 12.2 Å². The van der Waals surface area contributed by atoms with E-state index >= 15 is 0 Å². The molecule has 1 aliphatic rings. The minimum atomic E-state index is 0.763. The maximum Gasteiger partial charge on any atom is 0.0192 e. The van der Waals surface area contributed by atoms with E-state index in [1.54, 1.807) is 0 Å². The molecule has 1 nitrogen and oxygen atoms in total. The van der Waals surface area contributed by atoms with E-state index in [4.69, 9.17) is 0 Å². The van der Waals surface area contributed by atoms with Crippen LogP contribution in [-0.2, 0) is 0 Å². The Morgan fingerprint density at radius 1 is 1.38 bits per heavy atom. The highest BCUT2D eigenvalue weighted by Gasteiger charge is 2.22. The van der Waals surface area contributed by atoms with E-state index in [1.807, 2.05) is 0 Å². The molecule has 0 aromatic heterocycles. The maximum absolute atomic E-state index is 4.09. The molecule has 0 amide bonds. The molecule has 2 unspecified atom stereocenters. The Balaban J connectivity index is 2.41. The molecular formula is C12H23N. The van der Waals surface area contributed by atoms with Crippen LogP contribution in [0.2, 0.25) is 0 Å². The van der Waals surface area contributed by atoms with Crippen LogP contribution in [-0.4, -0.2) is 24.0 Å². The summed E-state index contributed by atoms with van der Waals surface area (Å²) in [4.78, 5) is 2.58. The molecule has 13 heavy (non-hydrogen) atoms. The Kier molecular flexibility index (Phi) is 3.98. The van der Waals surface area contributed by atoms with Gasteiger partial charge in [0.25, 0.3) is 0 Å². The molecule has 2 atom stereocenters. The van der Waals surface area contributed by atoms with E-state index < -0.39 is 0 Å². The molecule has 0 N–H and O–H groups in total. The molecular weight excluding hydrogens is 158 g/mol. The first-order valence-corrected chi connectivity index (χ1v) is 5.54. The van der Waals surface area contributed by atoms with Gasteiger partial charge in [-0.05, 0) is 32.1 Å². The van der Waals surface area contributed by atoms with Crippen molar-refractivity contribution in [3.63, 3.8) is 0 Å². The zero-order valence-electron chi connectivity index (χ0n) is 9.34. The van der Waals surface area contributed by atoms with E-state index in [-0.39, 0.29) is 0 Å². The first kappa shape index (κ1) is 10.8. The minimum Gasteiger partial charge on any atom is -0.296 e. The van der Waals surface area contributed by atoms with Crippen molar-refractivity contribution in [1.82, 2.24) is 4.90 Å². The SMILES string of the molecule is C=C(CC)CN1CC(C)CCC1C. The highest BCUT2D eigenvalue weighted by atomic mass is 15.2. The lowest BCUT2D eigenvalue weighted by molar-refractivity contribution is 0.136. The van der Waals surface area contributed by atoms with E-state index in [2.05, 4.69) is 32.3 Å². The Hall–Kier alpha value is -0.300. The lowest BCUT2D eigenvalue weighted by Gasteiger charge is -2.37. The van der Waals surface area contributed by atoms with Crippen LogP contribution in [0.3, 0.4) is 0 Å². The van der Waals surface area contributed by atoms with Gasteiger partial charge in [0.05, 0.1) is 0 Å². The van der Waals surface area contributed by atoms with Crippen LogP contribution in [0.25, 0.3) is 0 Å². The molecule has 0 aliphatic carbocycles. The molecule has 1 rings (SSSR count). The van der Waals surface area contributed by atoms with Crippen molar-refractivity contribution in [1.29, 1.82) is 0 Å². The van der Waals surface area contributed by atoms with Gasteiger partial charge in [0, 0.05) is 19.1 Å². The molecule has 0 aromatic carbocycles. The summed E-state index contributed by atoms with van der Waals surface area (Å²) in [5, 5.41) is 0. The van der Waals surface area contributed by atoms with Crippen molar-refractivity contribution in [2.45, 2.75) is 46.1 Å². The highest BCUT2D eigenvalue weighted by Crippen LogP contribution is 2.22. The molecule has 1 heterocycles. The standard InChI is InChI=1S/C12H23N/c1-5-10(2)8-13-9-11(3)6-7-12(13)4/h11-12H,2,5-9H2,1,3-4H3. The fraction of sp³-hybridized carbons (Fsp3) is 0.833. The monoisotopic (exact) mass is 181 g/mol. The van der Waals surface area contributed by atoms with Crippen LogP contribution in [0.1, 0.15) is 40.0 Å². The van der Waals surface area contributed by atoms with Gasteiger partial charge in [-0.2, -0.15) is 0 Å². The molecule has 0 spiro atoms. The Labute approximate surface area is 82.8 Å². The Morgan fingerprint density at radius 2 is 2.08 bits per heavy atom. The number of piperidine rings is 1. The quantitative estimate of drug-likeness (QED) is 0.605. The largest absolute Gasteiger partial charge is 0.296 e. The number of hydrogen-bond acceptors (Lipinski definition) is 1. The second kappa shape index (κ2) is 4.80. The minimum absolute atomic E-state index is 0.763. The number of hydrogen-bond donors (Lipinski definition) is 0. The normalized spacial score (nSPS) is 30.4. The summed E-state index contributed by atoms with van der Waals surface area (Å²) >= 11 is 0. The fourth-order valence-corrected chi connectivity index (χ4v) is 2.00. The number of likely N-dealkylation sites (tertiary alicyclic amines) is 1. The molecule has 0 saturated carbocycles. The molecule has 1 fully saturated rings. The third-order valence-electron chi connectivity index (χ3n) is 3.17. The van der Waals surface area contributed by atoms with Gasteiger partial charge in [-0.25, -0.2) is 0 Å². The van der Waals surface area contributed by atoms with E-state index in [0.29, 0.717) is 0 Å². The van der Waals surface area contributed by atoms with Crippen molar-refractivity contribution >= 4 is 0 Å². The summed E-state index contributed by atoms with van der Waals surface area (Å²) in [6.45, 7) is 13.4. The van der Waals surface area contributed by atoms with E-state index in [9.17, 15) is 0 Å². The van der Waals surface area contributed by atoms with Crippen LogP contribution in [0.4, 0.5) is 0 Å². The Morgan fingerprint density at radius 3 is 2.69 bits per heavy atom. The summed E-state index contributed by atoms with van der Waals surface area (Å²) in [6.07, 6.45) is 3.88. The second-order valence-electron chi connectivity index (χ2n) is 4.56. The Bertz CT molecular complexity index is 174. The summed E-state index contributed by atoms with van der Waals surface area (Å²) in [5.41, 5.74) is 1.38. The van der Waals surface area contributed by atoms with Gasteiger partial charge in [0.1, 0.15) is 0 Å². The summed E-state index contributed by atoms with van der Waals surface area (Å²) in [6, 6.07) is 0.763. The maximum atomic E-state index is 4.09. The van der Waals surface area contributed by atoms with Crippen LogP contribution in [0.5, 0.6) is 0 Å². The summed E-state index contributed by atoms with van der Waals surface area (Å²) < 4.78 is 0. The van der Waals surface area contributed by atoms with Gasteiger partial charge in [0.2, 0.25) is 0 Å². The number of nitrogens with zero attached hydrogens (tertiary/aromatic N) is 1. The van der Waals surface area contributed by atoms with Gasteiger partial charge < -0.3 is 0 Å². The van der Waals surface area contributed by atoms with Crippen molar-refractivity contribution in [3.8, 4) is 0 Å². The van der Waals surface area contributed by atoms with E-state index in [1.165, 1.54) is 25.0 Å². The molecule has 0 aromatic rings. The topological polar surface area (TPSA) is 3.24 Å². The van der Waals surface area contributed by atoms with Gasteiger partial charge >= 0.3 is 0 Å². The summed E-state index contributed by atoms with van der Waals surface area (Å²) in [5.74, 6) is 0.876. The molecule has 1 heteroatoms. The molecule has 0 bridgehead atoms. The molecule has 76 valence electrons. The van der Waals surface area contributed by atoms with Gasteiger partial charge in [-0.15, -0.1) is 0 Å². The molecule has 0 radical (unpaired) electrons. The average molecular weight is 181 g/mol. The van der Waals surface area contributed by atoms with Crippen molar-refractivity contribution in [3.05, 3.63) is 12.2 Å². The van der Waals surface area contributed by atoms with Crippen molar-refractivity contribution in [2.75, 3.05) is 13.1 Å². The first-order chi connectivity index (χ1) is 6.13. The van der Waals surface area contributed by atoms with E-state index in [0.717, 1.165) is 24.9 Å². The zero-order chi connectivity index (χ0) is 9.84. The predicted octanol–water partition coefficient (Wildman–Crippen LogP) is 3.07. The predicted molar refractivity (Wildman–Crippen MR) is 58.9 cm³/mol. The number of rotatable bonds is 3. The smallest absolute Gasteiger partial charge is 0.0192 e. The first-order valence-electron chi connectivity index (χ1n) is 5.54. The zero-order valence-corrected chi connectivity index (χ0v) is 9.34.